The zero-order valence-corrected chi connectivity index (χ0v) is 18.0. The Morgan fingerprint density at radius 1 is 0.933 bits per heavy atom. The predicted molar refractivity (Wildman–Crippen MR) is 118 cm³/mol. The van der Waals surface area contributed by atoms with Crippen molar-refractivity contribution in [3.63, 3.8) is 0 Å². The quantitative estimate of drug-likeness (QED) is 0.717. The molecule has 1 amide bonds. The number of hydrogen-bond acceptors (Lipinski definition) is 3. The fourth-order valence-electron chi connectivity index (χ4n) is 4.53. The highest BCUT2D eigenvalue weighted by Crippen LogP contribution is 2.25. The second-order valence-corrected chi connectivity index (χ2v) is 8.77. The fraction of sp³-hybridized carbons (Fsp3) is 0.458. The van der Waals surface area contributed by atoms with E-state index in [0.29, 0.717) is 23.7 Å². The van der Waals surface area contributed by atoms with Crippen LogP contribution in [0.2, 0.25) is 5.02 Å². The molecule has 2 aliphatic rings. The van der Waals surface area contributed by atoms with Crippen LogP contribution in [0.3, 0.4) is 0 Å². The van der Waals surface area contributed by atoms with Gasteiger partial charge in [-0.1, -0.05) is 48.0 Å². The summed E-state index contributed by atoms with van der Waals surface area (Å²) < 4.78 is 14.2. The number of amides is 1. The highest BCUT2D eigenvalue weighted by molar-refractivity contribution is 6.31. The number of benzene rings is 2. The maximum absolute atomic E-state index is 14.2. The molecule has 2 saturated heterocycles. The molecule has 4 rings (SSSR count). The van der Waals surface area contributed by atoms with Crippen molar-refractivity contribution in [3.05, 3.63) is 70.5 Å². The Morgan fingerprint density at radius 2 is 1.70 bits per heavy atom. The largest absolute Gasteiger partial charge is 0.340 e. The molecule has 1 atom stereocenters. The summed E-state index contributed by atoms with van der Waals surface area (Å²) in [6.45, 7) is 6.31. The molecule has 160 valence electrons. The van der Waals surface area contributed by atoms with E-state index >= 15 is 0 Å². The molecule has 4 nitrogen and oxygen atoms in total. The lowest BCUT2D eigenvalue weighted by Crippen LogP contribution is -2.52. The lowest BCUT2D eigenvalue weighted by molar-refractivity contribution is -0.139. The molecule has 2 fully saturated rings. The highest BCUT2D eigenvalue weighted by Gasteiger charge is 2.31. The van der Waals surface area contributed by atoms with E-state index in [2.05, 4.69) is 34.1 Å². The Hall–Kier alpha value is -1.95. The Morgan fingerprint density at radius 3 is 2.43 bits per heavy atom. The number of likely N-dealkylation sites (tertiary alicyclic amines) is 1. The zero-order valence-electron chi connectivity index (χ0n) is 17.3. The molecular formula is C24H29ClFN3O. The van der Waals surface area contributed by atoms with Crippen molar-refractivity contribution in [1.82, 2.24) is 14.7 Å². The van der Waals surface area contributed by atoms with Gasteiger partial charge < -0.3 is 4.90 Å². The second-order valence-electron chi connectivity index (χ2n) is 8.36. The predicted octanol–water partition coefficient (Wildman–Crippen LogP) is 4.04. The summed E-state index contributed by atoms with van der Waals surface area (Å²) in [6, 6.07) is 15.3. The molecular weight excluding hydrogens is 401 g/mol. The van der Waals surface area contributed by atoms with Gasteiger partial charge in [-0.15, -0.1) is 0 Å². The summed E-state index contributed by atoms with van der Waals surface area (Å²) in [4.78, 5) is 19.7. The number of piperazine rings is 1. The van der Waals surface area contributed by atoms with Crippen LogP contribution in [0.15, 0.2) is 48.5 Å². The molecule has 2 aromatic carbocycles. The number of rotatable bonds is 5. The third kappa shape index (κ3) is 5.20. The summed E-state index contributed by atoms with van der Waals surface area (Å²) in [6.07, 6.45) is 1.86. The van der Waals surface area contributed by atoms with E-state index in [1.807, 2.05) is 11.0 Å². The van der Waals surface area contributed by atoms with Gasteiger partial charge in [0, 0.05) is 56.4 Å². The number of piperidine rings is 1. The van der Waals surface area contributed by atoms with Gasteiger partial charge in [-0.05, 0) is 37.1 Å². The minimum atomic E-state index is -0.273. The van der Waals surface area contributed by atoms with Crippen LogP contribution in [-0.2, 0) is 17.9 Å². The molecule has 0 spiro atoms. The fourth-order valence-corrected chi connectivity index (χ4v) is 4.76. The Kier molecular flexibility index (Phi) is 7.03. The molecule has 0 saturated carbocycles. The van der Waals surface area contributed by atoms with E-state index in [1.165, 1.54) is 11.6 Å². The average molecular weight is 430 g/mol. The molecule has 2 aliphatic heterocycles. The SMILES string of the molecule is O=C(C1CCCN(Cc2c(F)cccc2Cl)C1)N1CCN(Cc2ccccc2)CC1. The Balaban J connectivity index is 1.29. The van der Waals surface area contributed by atoms with Crippen LogP contribution in [-0.4, -0.2) is 59.9 Å². The summed E-state index contributed by atoms with van der Waals surface area (Å²) in [5.41, 5.74) is 1.84. The number of carbonyl (C=O) groups excluding carboxylic acids is 1. The van der Waals surface area contributed by atoms with E-state index in [4.69, 9.17) is 11.6 Å². The van der Waals surface area contributed by atoms with Crippen LogP contribution in [0.4, 0.5) is 4.39 Å². The number of halogens is 2. The first-order valence-electron chi connectivity index (χ1n) is 10.8. The van der Waals surface area contributed by atoms with Crippen molar-refractivity contribution in [1.29, 1.82) is 0 Å². The summed E-state index contributed by atoms with van der Waals surface area (Å²) in [5.74, 6) is -0.0332. The minimum absolute atomic E-state index is 0.00928. The highest BCUT2D eigenvalue weighted by atomic mass is 35.5. The molecule has 0 bridgehead atoms. The second kappa shape index (κ2) is 9.90. The molecule has 2 heterocycles. The van der Waals surface area contributed by atoms with Gasteiger partial charge in [0.1, 0.15) is 5.82 Å². The number of hydrogen-bond donors (Lipinski definition) is 0. The van der Waals surface area contributed by atoms with Gasteiger partial charge in [0.2, 0.25) is 5.91 Å². The molecule has 0 aliphatic carbocycles. The van der Waals surface area contributed by atoms with Gasteiger partial charge in [0.05, 0.1) is 5.92 Å². The van der Waals surface area contributed by atoms with E-state index < -0.39 is 0 Å². The maximum Gasteiger partial charge on any atom is 0.227 e. The third-order valence-electron chi connectivity index (χ3n) is 6.23. The Labute approximate surface area is 183 Å². The van der Waals surface area contributed by atoms with Gasteiger partial charge in [0.15, 0.2) is 0 Å². The number of carbonyl (C=O) groups is 1. The van der Waals surface area contributed by atoms with E-state index in [9.17, 15) is 9.18 Å². The topological polar surface area (TPSA) is 26.8 Å². The normalized spacial score (nSPS) is 21.0. The van der Waals surface area contributed by atoms with Gasteiger partial charge >= 0.3 is 0 Å². The standard InChI is InChI=1S/C24H29ClFN3O/c25-22-9-4-10-23(26)21(22)18-28-11-5-8-20(17-28)24(30)29-14-12-27(13-15-29)16-19-6-2-1-3-7-19/h1-4,6-7,9-10,20H,5,8,11-18H2. The van der Waals surface area contributed by atoms with Crippen LogP contribution in [0.5, 0.6) is 0 Å². The number of nitrogens with zero attached hydrogens (tertiary/aromatic N) is 3. The summed E-state index contributed by atoms with van der Waals surface area (Å²) >= 11 is 6.19. The van der Waals surface area contributed by atoms with Crippen molar-refractivity contribution in [2.24, 2.45) is 5.92 Å². The molecule has 0 radical (unpaired) electrons. The van der Waals surface area contributed by atoms with Gasteiger partial charge in [-0.2, -0.15) is 0 Å². The van der Waals surface area contributed by atoms with Gasteiger partial charge in [-0.3, -0.25) is 14.6 Å². The third-order valence-corrected chi connectivity index (χ3v) is 6.59. The molecule has 0 aromatic heterocycles. The Bertz CT molecular complexity index is 835. The molecule has 2 aromatic rings. The van der Waals surface area contributed by atoms with Crippen molar-refractivity contribution in [2.45, 2.75) is 25.9 Å². The van der Waals surface area contributed by atoms with Crippen molar-refractivity contribution in [3.8, 4) is 0 Å². The molecule has 6 heteroatoms. The zero-order chi connectivity index (χ0) is 20.9. The summed E-state index contributed by atoms with van der Waals surface area (Å²) in [5, 5.41) is 0.456. The van der Waals surface area contributed by atoms with E-state index in [-0.39, 0.29) is 17.6 Å². The van der Waals surface area contributed by atoms with Gasteiger partial charge in [-0.25, -0.2) is 4.39 Å². The van der Waals surface area contributed by atoms with Crippen LogP contribution in [0.1, 0.15) is 24.0 Å². The summed E-state index contributed by atoms with van der Waals surface area (Å²) in [7, 11) is 0. The first-order valence-corrected chi connectivity index (χ1v) is 11.2. The van der Waals surface area contributed by atoms with Crippen LogP contribution in [0, 0.1) is 11.7 Å². The maximum atomic E-state index is 14.2. The van der Waals surface area contributed by atoms with Crippen LogP contribution < -0.4 is 0 Å². The lowest BCUT2D eigenvalue weighted by atomic mass is 9.95. The molecule has 1 unspecified atom stereocenters. The van der Waals surface area contributed by atoms with Crippen LogP contribution in [0.25, 0.3) is 0 Å². The van der Waals surface area contributed by atoms with E-state index in [1.54, 1.807) is 12.1 Å². The molecule has 30 heavy (non-hydrogen) atoms. The van der Waals surface area contributed by atoms with Gasteiger partial charge in [0.25, 0.3) is 0 Å². The monoisotopic (exact) mass is 429 g/mol. The van der Waals surface area contributed by atoms with Crippen molar-refractivity contribution < 1.29 is 9.18 Å². The van der Waals surface area contributed by atoms with Crippen LogP contribution >= 0.6 is 11.6 Å². The molecule has 0 N–H and O–H groups in total. The average Bonchev–Trinajstić information content (AvgIpc) is 2.77. The first-order chi connectivity index (χ1) is 14.6. The minimum Gasteiger partial charge on any atom is -0.340 e. The van der Waals surface area contributed by atoms with Crippen molar-refractivity contribution in [2.75, 3.05) is 39.3 Å². The van der Waals surface area contributed by atoms with E-state index in [0.717, 1.165) is 52.1 Å². The van der Waals surface area contributed by atoms with Crippen molar-refractivity contribution >= 4 is 17.5 Å². The lowest BCUT2D eigenvalue weighted by Gasteiger charge is -2.39. The first kappa shape index (κ1) is 21.3. The smallest absolute Gasteiger partial charge is 0.227 e.